The van der Waals surface area contributed by atoms with Gasteiger partial charge in [0.2, 0.25) is 0 Å². The molecule has 4 heteroatoms. The minimum absolute atomic E-state index is 0.487. The van der Waals surface area contributed by atoms with Crippen LogP contribution in [0.3, 0.4) is 0 Å². The summed E-state index contributed by atoms with van der Waals surface area (Å²) in [5, 5.41) is 10.2. The van der Waals surface area contributed by atoms with Crippen LogP contribution in [-0.2, 0) is 4.74 Å². The summed E-state index contributed by atoms with van der Waals surface area (Å²) in [5.41, 5.74) is 1.81. The van der Waals surface area contributed by atoms with Crippen molar-refractivity contribution in [2.45, 2.75) is 25.9 Å². The van der Waals surface area contributed by atoms with Crippen LogP contribution in [0.2, 0.25) is 5.02 Å². The molecule has 0 heterocycles. The molecule has 0 amide bonds. The predicted octanol–water partition coefficient (Wildman–Crippen LogP) is 3.26. The molecule has 0 unspecified atom stereocenters. The van der Waals surface area contributed by atoms with Crippen molar-refractivity contribution in [1.29, 1.82) is 0 Å². The van der Waals surface area contributed by atoms with Crippen LogP contribution < -0.4 is 4.90 Å². The molecule has 0 aliphatic heterocycles. The number of hydrogen-bond acceptors (Lipinski definition) is 3. The molecule has 1 aliphatic carbocycles. The summed E-state index contributed by atoms with van der Waals surface area (Å²) >= 11 is 6.25. The zero-order valence-corrected chi connectivity index (χ0v) is 12.4. The number of benzene rings is 1. The fourth-order valence-corrected chi connectivity index (χ4v) is 2.28. The molecular weight excluding hydrogens is 262 g/mol. The van der Waals surface area contributed by atoms with E-state index in [0.717, 1.165) is 36.9 Å². The van der Waals surface area contributed by atoms with Crippen LogP contribution in [0.4, 0.5) is 5.69 Å². The van der Waals surface area contributed by atoms with Gasteiger partial charge in [-0.05, 0) is 43.4 Å². The highest BCUT2D eigenvalue weighted by Crippen LogP contribution is 2.29. The lowest BCUT2D eigenvalue weighted by Crippen LogP contribution is -2.23. The Balaban J connectivity index is 1.84. The second-order valence-electron chi connectivity index (χ2n) is 5.33. The molecule has 0 spiro atoms. The van der Waals surface area contributed by atoms with E-state index in [-0.39, 0.29) is 0 Å². The number of hydrogen-bond donors (Lipinski definition) is 1. The number of halogens is 1. The first-order valence-electron chi connectivity index (χ1n) is 6.84. The Bertz CT molecular complexity index is 419. The van der Waals surface area contributed by atoms with Crippen molar-refractivity contribution in [3.8, 4) is 0 Å². The normalized spacial score (nSPS) is 16.4. The van der Waals surface area contributed by atoms with E-state index < -0.39 is 6.10 Å². The van der Waals surface area contributed by atoms with E-state index in [1.54, 1.807) is 6.92 Å². The Kier molecular flexibility index (Phi) is 5.08. The summed E-state index contributed by atoms with van der Waals surface area (Å²) in [5.74, 6) is 0.805. The van der Waals surface area contributed by atoms with Crippen LogP contribution in [0.5, 0.6) is 0 Å². The number of aliphatic hydroxyl groups excluding tert-OH is 1. The summed E-state index contributed by atoms with van der Waals surface area (Å²) in [4.78, 5) is 2.08. The number of aliphatic hydroxyl groups is 1. The number of rotatable bonds is 7. The van der Waals surface area contributed by atoms with Gasteiger partial charge in [-0.3, -0.25) is 0 Å². The molecule has 0 aromatic heterocycles. The van der Waals surface area contributed by atoms with Crippen molar-refractivity contribution < 1.29 is 9.84 Å². The zero-order chi connectivity index (χ0) is 13.8. The Morgan fingerprint density at radius 2 is 2.21 bits per heavy atom. The maximum absolute atomic E-state index is 9.52. The second-order valence-corrected chi connectivity index (χ2v) is 5.73. The Hall–Kier alpha value is -0.770. The molecule has 1 saturated carbocycles. The van der Waals surface area contributed by atoms with Gasteiger partial charge in [0.05, 0.1) is 23.4 Å². The number of anilines is 1. The van der Waals surface area contributed by atoms with E-state index in [1.807, 2.05) is 25.2 Å². The van der Waals surface area contributed by atoms with Crippen molar-refractivity contribution in [2.24, 2.45) is 5.92 Å². The van der Waals surface area contributed by atoms with Crippen LogP contribution in [0.15, 0.2) is 18.2 Å². The van der Waals surface area contributed by atoms with Gasteiger partial charge in [-0.15, -0.1) is 0 Å². The molecule has 1 aromatic carbocycles. The minimum Gasteiger partial charge on any atom is -0.389 e. The van der Waals surface area contributed by atoms with Gasteiger partial charge in [-0.2, -0.15) is 0 Å². The Morgan fingerprint density at radius 1 is 1.47 bits per heavy atom. The molecule has 1 aromatic rings. The molecule has 0 bridgehead atoms. The average molecular weight is 284 g/mol. The van der Waals surface area contributed by atoms with Crippen LogP contribution >= 0.6 is 11.6 Å². The third kappa shape index (κ3) is 4.37. The highest BCUT2D eigenvalue weighted by Gasteiger charge is 2.21. The molecule has 106 valence electrons. The lowest BCUT2D eigenvalue weighted by atomic mass is 10.1. The van der Waals surface area contributed by atoms with Crippen LogP contribution in [-0.4, -0.2) is 31.9 Å². The summed E-state index contributed by atoms with van der Waals surface area (Å²) in [6, 6.07) is 5.68. The maximum atomic E-state index is 9.52. The fourth-order valence-electron chi connectivity index (χ4n) is 1.95. The third-order valence-electron chi connectivity index (χ3n) is 3.49. The SMILES string of the molecule is C[C@H](O)c1ccc(N(C)CCOCC2CC2)c(Cl)c1. The molecule has 1 fully saturated rings. The molecular formula is C15H22ClNO2. The molecule has 3 nitrogen and oxygen atoms in total. The Labute approximate surface area is 120 Å². The van der Waals surface area contributed by atoms with E-state index in [1.165, 1.54) is 12.8 Å². The predicted molar refractivity (Wildman–Crippen MR) is 78.9 cm³/mol. The molecule has 0 radical (unpaired) electrons. The summed E-state index contributed by atoms with van der Waals surface area (Å²) in [6.07, 6.45) is 2.16. The van der Waals surface area contributed by atoms with Gasteiger partial charge in [0.1, 0.15) is 0 Å². The molecule has 2 rings (SSSR count). The van der Waals surface area contributed by atoms with Crippen molar-refractivity contribution in [2.75, 3.05) is 31.7 Å². The third-order valence-corrected chi connectivity index (χ3v) is 3.79. The standard InChI is InChI=1S/C15H22ClNO2/c1-11(18)13-5-6-15(14(16)9-13)17(2)7-8-19-10-12-3-4-12/h5-6,9,11-12,18H,3-4,7-8,10H2,1-2H3/t11-/m0/s1. The lowest BCUT2D eigenvalue weighted by Gasteiger charge is -2.21. The Morgan fingerprint density at radius 3 is 2.79 bits per heavy atom. The topological polar surface area (TPSA) is 32.7 Å². The van der Waals surface area contributed by atoms with Crippen LogP contribution in [0, 0.1) is 5.92 Å². The lowest BCUT2D eigenvalue weighted by molar-refractivity contribution is 0.131. The minimum atomic E-state index is -0.487. The maximum Gasteiger partial charge on any atom is 0.0762 e. The van der Waals surface area contributed by atoms with Gasteiger partial charge in [-0.25, -0.2) is 0 Å². The van der Waals surface area contributed by atoms with Crippen molar-refractivity contribution in [1.82, 2.24) is 0 Å². The van der Waals surface area contributed by atoms with E-state index in [0.29, 0.717) is 5.02 Å². The van der Waals surface area contributed by atoms with Crippen molar-refractivity contribution in [3.63, 3.8) is 0 Å². The summed E-state index contributed by atoms with van der Waals surface area (Å²) in [6.45, 7) is 4.17. The first-order chi connectivity index (χ1) is 9.08. The van der Waals surface area contributed by atoms with E-state index in [4.69, 9.17) is 16.3 Å². The van der Waals surface area contributed by atoms with Gasteiger partial charge >= 0.3 is 0 Å². The first kappa shape index (κ1) is 14.6. The van der Waals surface area contributed by atoms with Gasteiger partial charge in [0.25, 0.3) is 0 Å². The number of nitrogens with zero attached hydrogens (tertiary/aromatic N) is 1. The molecule has 1 N–H and O–H groups in total. The quantitative estimate of drug-likeness (QED) is 0.780. The zero-order valence-electron chi connectivity index (χ0n) is 11.6. The smallest absolute Gasteiger partial charge is 0.0762 e. The fraction of sp³-hybridized carbons (Fsp3) is 0.600. The summed E-state index contributed by atoms with van der Waals surface area (Å²) in [7, 11) is 2.00. The number of likely N-dealkylation sites (N-methyl/N-ethyl adjacent to an activating group) is 1. The largest absolute Gasteiger partial charge is 0.389 e. The second kappa shape index (κ2) is 6.60. The van der Waals surface area contributed by atoms with Crippen LogP contribution in [0.25, 0.3) is 0 Å². The number of ether oxygens (including phenoxy) is 1. The van der Waals surface area contributed by atoms with Gasteiger partial charge in [0, 0.05) is 20.2 Å². The van der Waals surface area contributed by atoms with Crippen molar-refractivity contribution in [3.05, 3.63) is 28.8 Å². The summed E-state index contributed by atoms with van der Waals surface area (Å²) < 4.78 is 5.63. The van der Waals surface area contributed by atoms with Gasteiger partial charge in [-0.1, -0.05) is 17.7 Å². The van der Waals surface area contributed by atoms with E-state index >= 15 is 0 Å². The highest BCUT2D eigenvalue weighted by molar-refractivity contribution is 6.33. The van der Waals surface area contributed by atoms with E-state index in [2.05, 4.69) is 4.90 Å². The molecule has 1 atom stereocenters. The highest BCUT2D eigenvalue weighted by atomic mass is 35.5. The average Bonchev–Trinajstić information content (AvgIpc) is 3.18. The van der Waals surface area contributed by atoms with Crippen LogP contribution in [0.1, 0.15) is 31.4 Å². The van der Waals surface area contributed by atoms with Gasteiger partial charge < -0.3 is 14.7 Å². The van der Waals surface area contributed by atoms with Gasteiger partial charge in [0.15, 0.2) is 0 Å². The van der Waals surface area contributed by atoms with Crippen molar-refractivity contribution >= 4 is 17.3 Å². The molecule has 0 saturated heterocycles. The first-order valence-corrected chi connectivity index (χ1v) is 7.22. The molecule has 1 aliphatic rings. The monoisotopic (exact) mass is 283 g/mol. The molecule has 19 heavy (non-hydrogen) atoms. The van der Waals surface area contributed by atoms with E-state index in [9.17, 15) is 5.11 Å².